The van der Waals surface area contributed by atoms with Gasteiger partial charge in [-0.05, 0) is 0 Å². The Morgan fingerprint density at radius 1 is 1.33 bits per heavy atom. The van der Waals surface area contributed by atoms with Crippen molar-refractivity contribution in [1.82, 2.24) is 9.97 Å². The number of nitrogens with zero attached hydrogens (tertiary/aromatic N) is 2. The van der Waals surface area contributed by atoms with Crippen LogP contribution in [0.4, 0.5) is 11.4 Å². The van der Waals surface area contributed by atoms with E-state index in [0.29, 0.717) is 30.2 Å². The summed E-state index contributed by atoms with van der Waals surface area (Å²) in [4.78, 5) is 17.6. The average Bonchev–Trinajstić information content (AvgIpc) is 2.99. The second-order valence-electron chi connectivity index (χ2n) is 4.24. The molecule has 0 aliphatic rings. The third-order valence-corrected chi connectivity index (χ3v) is 2.96. The summed E-state index contributed by atoms with van der Waals surface area (Å²) in [5.74, 6) is 0.760. The van der Waals surface area contributed by atoms with Crippen LogP contribution in [-0.4, -0.2) is 35.7 Å². The Balaban J connectivity index is 2.17. The lowest BCUT2D eigenvalue weighted by molar-refractivity contribution is -0.384. The van der Waals surface area contributed by atoms with Crippen LogP contribution in [0.1, 0.15) is 5.69 Å². The van der Waals surface area contributed by atoms with E-state index < -0.39 is 4.92 Å². The number of ether oxygens (including phenoxy) is 2. The quantitative estimate of drug-likeness (QED) is 0.597. The maximum Gasteiger partial charge on any atom is 0.296 e. The summed E-state index contributed by atoms with van der Waals surface area (Å²) in [6, 6.07) is 2.90. The van der Waals surface area contributed by atoms with Crippen LogP contribution >= 0.6 is 0 Å². The minimum absolute atomic E-state index is 0.0581. The molecule has 0 bridgehead atoms. The first-order valence-electron chi connectivity index (χ1n) is 6.27. The summed E-state index contributed by atoms with van der Waals surface area (Å²) in [6.07, 6.45) is 3.98. The SMILES string of the molecule is COc1cc(NCCc2cnc[nH]2)c([N+](=O)[O-])cc1OC. The van der Waals surface area contributed by atoms with Crippen molar-refractivity contribution in [3.05, 3.63) is 40.5 Å². The van der Waals surface area contributed by atoms with E-state index >= 15 is 0 Å². The van der Waals surface area contributed by atoms with E-state index in [1.807, 2.05) is 0 Å². The Labute approximate surface area is 121 Å². The molecule has 0 amide bonds. The number of nitro benzene ring substituents is 1. The molecule has 1 aromatic heterocycles. The molecular weight excluding hydrogens is 276 g/mol. The van der Waals surface area contributed by atoms with E-state index in [1.54, 1.807) is 18.6 Å². The van der Waals surface area contributed by atoms with Gasteiger partial charge in [0.05, 0.1) is 31.5 Å². The maximum atomic E-state index is 11.1. The fraction of sp³-hybridized carbons (Fsp3) is 0.308. The van der Waals surface area contributed by atoms with Gasteiger partial charge in [-0.3, -0.25) is 10.1 Å². The smallest absolute Gasteiger partial charge is 0.296 e. The lowest BCUT2D eigenvalue weighted by atomic mass is 10.2. The van der Waals surface area contributed by atoms with Gasteiger partial charge < -0.3 is 19.8 Å². The largest absolute Gasteiger partial charge is 0.493 e. The third kappa shape index (κ3) is 3.41. The number of anilines is 1. The van der Waals surface area contributed by atoms with Crippen molar-refractivity contribution in [1.29, 1.82) is 0 Å². The topological polar surface area (TPSA) is 102 Å². The minimum atomic E-state index is -0.458. The molecular formula is C13H16N4O4. The molecule has 0 fully saturated rings. The van der Waals surface area contributed by atoms with Crippen LogP contribution in [0.3, 0.4) is 0 Å². The van der Waals surface area contributed by atoms with Gasteiger partial charge in [0.1, 0.15) is 5.69 Å². The predicted octanol–water partition coefficient (Wildman–Crippen LogP) is 1.99. The van der Waals surface area contributed by atoms with Crippen LogP contribution in [0, 0.1) is 10.1 Å². The Morgan fingerprint density at radius 3 is 2.62 bits per heavy atom. The molecule has 2 aromatic rings. The van der Waals surface area contributed by atoms with Crippen molar-refractivity contribution in [3.63, 3.8) is 0 Å². The zero-order valence-corrected chi connectivity index (χ0v) is 11.8. The molecule has 0 saturated carbocycles. The Bertz CT molecular complexity index is 613. The number of benzene rings is 1. The van der Waals surface area contributed by atoms with E-state index in [9.17, 15) is 10.1 Å². The number of aromatic amines is 1. The molecule has 21 heavy (non-hydrogen) atoms. The minimum Gasteiger partial charge on any atom is -0.493 e. The number of rotatable bonds is 7. The second kappa shape index (κ2) is 6.60. The van der Waals surface area contributed by atoms with Crippen molar-refractivity contribution in [2.45, 2.75) is 6.42 Å². The Hall–Kier alpha value is -2.77. The third-order valence-electron chi connectivity index (χ3n) is 2.96. The van der Waals surface area contributed by atoms with Crippen LogP contribution in [0.2, 0.25) is 0 Å². The van der Waals surface area contributed by atoms with E-state index in [4.69, 9.17) is 9.47 Å². The molecule has 1 heterocycles. The maximum absolute atomic E-state index is 11.1. The highest BCUT2D eigenvalue weighted by Gasteiger charge is 2.19. The summed E-state index contributed by atoms with van der Waals surface area (Å²) in [7, 11) is 2.92. The fourth-order valence-corrected chi connectivity index (χ4v) is 1.91. The molecule has 8 nitrogen and oxygen atoms in total. The molecule has 0 aliphatic carbocycles. The van der Waals surface area contributed by atoms with E-state index in [1.165, 1.54) is 20.3 Å². The standard InChI is InChI=1S/C13H16N4O4/c1-20-12-5-10(11(17(18)19)6-13(12)21-2)15-4-3-9-7-14-8-16-9/h5-8,15H,3-4H2,1-2H3,(H,14,16). The van der Waals surface area contributed by atoms with Gasteiger partial charge in [0.2, 0.25) is 0 Å². The average molecular weight is 292 g/mol. The number of hydrogen-bond acceptors (Lipinski definition) is 6. The molecule has 2 rings (SSSR count). The molecule has 0 spiro atoms. The van der Waals surface area contributed by atoms with Crippen molar-refractivity contribution >= 4 is 11.4 Å². The monoisotopic (exact) mass is 292 g/mol. The number of imidazole rings is 1. The van der Waals surface area contributed by atoms with Gasteiger partial charge >= 0.3 is 0 Å². The van der Waals surface area contributed by atoms with Crippen LogP contribution in [0.15, 0.2) is 24.7 Å². The summed E-state index contributed by atoms with van der Waals surface area (Å²) in [5.41, 5.74) is 1.28. The van der Waals surface area contributed by atoms with Gasteiger partial charge in [-0.2, -0.15) is 0 Å². The lowest BCUT2D eigenvalue weighted by Gasteiger charge is -2.11. The predicted molar refractivity (Wildman–Crippen MR) is 77.0 cm³/mol. The van der Waals surface area contributed by atoms with Crippen molar-refractivity contribution in [2.24, 2.45) is 0 Å². The number of hydrogen-bond donors (Lipinski definition) is 2. The normalized spacial score (nSPS) is 10.2. The number of methoxy groups -OCH3 is 2. The Kier molecular flexibility index (Phi) is 4.60. The van der Waals surface area contributed by atoms with Crippen LogP contribution in [0.25, 0.3) is 0 Å². The highest BCUT2D eigenvalue weighted by Crippen LogP contribution is 2.37. The van der Waals surface area contributed by atoms with Gasteiger partial charge in [-0.25, -0.2) is 4.98 Å². The molecule has 2 N–H and O–H groups in total. The number of nitrogens with one attached hydrogen (secondary N) is 2. The van der Waals surface area contributed by atoms with Gasteiger partial charge in [-0.1, -0.05) is 0 Å². The Morgan fingerprint density at radius 2 is 2.05 bits per heavy atom. The second-order valence-corrected chi connectivity index (χ2v) is 4.24. The van der Waals surface area contributed by atoms with Crippen molar-refractivity contribution < 1.29 is 14.4 Å². The summed E-state index contributed by atoms with van der Waals surface area (Å²) >= 11 is 0. The van der Waals surface area contributed by atoms with Crippen molar-refractivity contribution in [2.75, 3.05) is 26.1 Å². The zero-order chi connectivity index (χ0) is 15.2. The number of H-pyrrole nitrogens is 1. The van der Waals surface area contributed by atoms with Gasteiger partial charge in [0.25, 0.3) is 5.69 Å². The first kappa shape index (κ1) is 14.6. The van der Waals surface area contributed by atoms with Crippen LogP contribution in [-0.2, 0) is 6.42 Å². The molecule has 1 aromatic carbocycles. The summed E-state index contributed by atoms with van der Waals surface area (Å²) in [5, 5.41) is 14.2. The lowest BCUT2D eigenvalue weighted by Crippen LogP contribution is -2.08. The first-order chi connectivity index (χ1) is 10.2. The molecule has 0 unspecified atom stereocenters. The molecule has 0 saturated heterocycles. The van der Waals surface area contributed by atoms with E-state index in [0.717, 1.165) is 5.69 Å². The molecule has 0 aliphatic heterocycles. The molecule has 0 radical (unpaired) electrons. The van der Waals surface area contributed by atoms with Gasteiger partial charge in [0.15, 0.2) is 11.5 Å². The van der Waals surface area contributed by atoms with E-state index in [2.05, 4.69) is 15.3 Å². The van der Waals surface area contributed by atoms with Crippen LogP contribution in [0.5, 0.6) is 11.5 Å². The molecule has 0 atom stereocenters. The van der Waals surface area contributed by atoms with E-state index in [-0.39, 0.29) is 5.69 Å². The highest BCUT2D eigenvalue weighted by molar-refractivity contribution is 5.68. The summed E-state index contributed by atoms with van der Waals surface area (Å²) < 4.78 is 10.2. The molecule has 8 heteroatoms. The highest BCUT2D eigenvalue weighted by atomic mass is 16.6. The fourth-order valence-electron chi connectivity index (χ4n) is 1.91. The zero-order valence-electron chi connectivity index (χ0n) is 11.8. The number of aromatic nitrogens is 2. The van der Waals surface area contributed by atoms with Gasteiger partial charge in [-0.15, -0.1) is 0 Å². The van der Waals surface area contributed by atoms with Gasteiger partial charge in [0, 0.05) is 30.9 Å². The molecule has 112 valence electrons. The first-order valence-corrected chi connectivity index (χ1v) is 6.27. The van der Waals surface area contributed by atoms with Crippen LogP contribution < -0.4 is 14.8 Å². The summed E-state index contributed by atoms with van der Waals surface area (Å²) in [6.45, 7) is 0.526. The number of nitro groups is 1. The van der Waals surface area contributed by atoms with Crippen molar-refractivity contribution in [3.8, 4) is 11.5 Å².